The van der Waals surface area contributed by atoms with E-state index in [1.165, 1.54) is 29.5 Å². The van der Waals surface area contributed by atoms with E-state index in [0.29, 0.717) is 57.9 Å². The van der Waals surface area contributed by atoms with Crippen LogP contribution in [0.25, 0.3) is 21.5 Å². The molecule has 2 aromatic heterocycles. The van der Waals surface area contributed by atoms with Crippen molar-refractivity contribution in [2.45, 2.75) is 69.4 Å². The minimum absolute atomic E-state index is 0.0183. The van der Waals surface area contributed by atoms with E-state index in [0.717, 1.165) is 18.4 Å². The second kappa shape index (κ2) is 10.3. The molecule has 0 spiro atoms. The van der Waals surface area contributed by atoms with Gasteiger partial charge in [0.1, 0.15) is 39.7 Å². The second-order valence-corrected chi connectivity index (χ2v) is 11.0. The van der Waals surface area contributed by atoms with Crippen molar-refractivity contribution in [3.63, 3.8) is 0 Å². The normalized spacial score (nSPS) is 21.4. The molecule has 2 heterocycles. The highest BCUT2D eigenvalue weighted by Gasteiger charge is 2.39. The molecule has 2 aromatic carbocycles. The van der Waals surface area contributed by atoms with Crippen molar-refractivity contribution in [2.75, 3.05) is 0 Å². The molecule has 2 aliphatic carbocycles. The molecular formula is C28H24F3N3O4S. The molecule has 4 aromatic rings. The van der Waals surface area contributed by atoms with E-state index in [-0.39, 0.29) is 29.9 Å². The van der Waals surface area contributed by atoms with Gasteiger partial charge in [0.05, 0.1) is 28.5 Å². The predicted octanol–water partition coefficient (Wildman–Crippen LogP) is 6.79. The molecule has 7 nitrogen and oxygen atoms in total. The fourth-order valence-corrected chi connectivity index (χ4v) is 6.22. The molecule has 0 radical (unpaired) electrons. The number of aliphatic hydroxyl groups is 1. The molecule has 0 saturated heterocycles. The van der Waals surface area contributed by atoms with E-state index in [9.17, 15) is 18.3 Å². The third-order valence-electron chi connectivity index (χ3n) is 7.34. The third kappa shape index (κ3) is 5.12. The summed E-state index contributed by atoms with van der Waals surface area (Å²) in [4.78, 5) is 4.46. The van der Waals surface area contributed by atoms with Crippen LogP contribution < -0.4 is 4.74 Å². The number of fused-ring (bicyclic) bond motifs is 1. The van der Waals surface area contributed by atoms with Crippen LogP contribution in [0.2, 0.25) is 0 Å². The molecule has 2 aliphatic rings. The number of ether oxygens (including phenoxy) is 2. The molecule has 202 valence electrons. The number of hydrogen-bond donors (Lipinski definition) is 1. The van der Waals surface area contributed by atoms with Gasteiger partial charge >= 0.3 is 6.61 Å². The van der Waals surface area contributed by atoms with E-state index < -0.39 is 18.0 Å². The fraction of sp³-hybridized carbons (Fsp3) is 0.393. The van der Waals surface area contributed by atoms with E-state index in [2.05, 4.69) is 10.1 Å². The van der Waals surface area contributed by atoms with Crippen molar-refractivity contribution in [1.82, 2.24) is 10.1 Å². The molecule has 11 heteroatoms. The fourth-order valence-electron chi connectivity index (χ4n) is 5.08. The molecule has 0 bridgehead atoms. The Balaban J connectivity index is 1.17. The third-order valence-corrected chi connectivity index (χ3v) is 8.56. The Morgan fingerprint density at radius 3 is 2.67 bits per heavy atom. The van der Waals surface area contributed by atoms with E-state index in [1.54, 1.807) is 18.2 Å². The molecule has 2 fully saturated rings. The first kappa shape index (κ1) is 25.8. The number of rotatable bonds is 8. The summed E-state index contributed by atoms with van der Waals surface area (Å²) < 4.78 is 57.3. The SMILES string of the molecule is N#Cc1cc2sc([C@]3(O)CC[C@@H](OCc4c(-c5ccccc5OC(F)F)noc4C4CC4)CC3)nc2cc1F. The summed E-state index contributed by atoms with van der Waals surface area (Å²) in [6.45, 7) is -2.78. The van der Waals surface area contributed by atoms with Crippen molar-refractivity contribution in [3.05, 3.63) is 64.1 Å². The Morgan fingerprint density at radius 1 is 1.18 bits per heavy atom. The zero-order chi connectivity index (χ0) is 27.1. The lowest BCUT2D eigenvalue weighted by atomic mass is 9.83. The van der Waals surface area contributed by atoms with Crippen LogP contribution in [0.1, 0.15) is 66.3 Å². The summed E-state index contributed by atoms with van der Waals surface area (Å²) in [5.74, 6) is 0.329. The Hall–Kier alpha value is -3.46. The van der Waals surface area contributed by atoms with Gasteiger partial charge in [0.2, 0.25) is 0 Å². The zero-order valence-electron chi connectivity index (χ0n) is 20.7. The van der Waals surface area contributed by atoms with Gasteiger partial charge in [-0.15, -0.1) is 11.3 Å². The minimum Gasteiger partial charge on any atom is -0.434 e. The molecule has 0 unspecified atom stereocenters. The van der Waals surface area contributed by atoms with Gasteiger partial charge in [0.15, 0.2) is 0 Å². The lowest BCUT2D eigenvalue weighted by Crippen LogP contribution is -2.34. The molecule has 0 atom stereocenters. The lowest BCUT2D eigenvalue weighted by Gasteiger charge is -2.34. The number of benzene rings is 2. The smallest absolute Gasteiger partial charge is 0.387 e. The summed E-state index contributed by atoms with van der Waals surface area (Å²) in [5.41, 5.74) is 0.770. The number of nitriles is 1. The standard InChI is InChI=1S/C28H24F3N3O4S/c29-20-12-21-23(11-16(20)13-32)39-26(33-21)28(35)9-7-17(8-10-28)36-14-19-24(34-38-25(19)15-5-6-15)18-3-1-2-4-22(18)37-27(30)31/h1-4,11-12,15,17,27,35H,5-10,14H2/t17-,28+. The van der Waals surface area contributed by atoms with E-state index in [4.69, 9.17) is 19.3 Å². The van der Waals surface area contributed by atoms with Gasteiger partial charge in [-0.3, -0.25) is 0 Å². The summed E-state index contributed by atoms with van der Waals surface area (Å²) >= 11 is 1.26. The molecule has 0 amide bonds. The average Bonchev–Trinajstić information content (AvgIpc) is 3.54. The predicted molar refractivity (Wildman–Crippen MR) is 136 cm³/mol. The van der Waals surface area contributed by atoms with E-state index in [1.807, 2.05) is 6.07 Å². The van der Waals surface area contributed by atoms with Gasteiger partial charge < -0.3 is 19.1 Å². The maximum atomic E-state index is 14.0. The molecule has 0 aliphatic heterocycles. The van der Waals surface area contributed by atoms with Gasteiger partial charge in [0.25, 0.3) is 0 Å². The molecular weight excluding hydrogens is 531 g/mol. The van der Waals surface area contributed by atoms with Gasteiger partial charge in [0, 0.05) is 23.1 Å². The Kier molecular flexibility index (Phi) is 6.79. The van der Waals surface area contributed by atoms with Gasteiger partial charge in [-0.25, -0.2) is 9.37 Å². The maximum absolute atomic E-state index is 14.0. The van der Waals surface area contributed by atoms with Crippen molar-refractivity contribution >= 4 is 21.6 Å². The van der Waals surface area contributed by atoms with Crippen molar-refractivity contribution < 1.29 is 32.3 Å². The first-order valence-corrected chi connectivity index (χ1v) is 13.5. The van der Waals surface area contributed by atoms with Crippen molar-refractivity contribution in [1.29, 1.82) is 5.26 Å². The van der Waals surface area contributed by atoms with E-state index >= 15 is 0 Å². The van der Waals surface area contributed by atoms with Crippen molar-refractivity contribution in [2.24, 2.45) is 0 Å². The number of aromatic nitrogens is 2. The summed E-state index contributed by atoms with van der Waals surface area (Å²) in [6.07, 6.45) is 3.72. The Bertz CT molecular complexity index is 1550. The molecule has 2 saturated carbocycles. The number of para-hydroxylation sites is 1. The van der Waals surface area contributed by atoms with Crippen LogP contribution in [0.4, 0.5) is 13.2 Å². The van der Waals surface area contributed by atoms with Crippen LogP contribution in [0, 0.1) is 17.1 Å². The minimum atomic E-state index is -2.97. The van der Waals surface area contributed by atoms with Gasteiger partial charge in [-0.2, -0.15) is 14.0 Å². The van der Waals surface area contributed by atoms with Gasteiger partial charge in [-0.05, 0) is 56.7 Å². The lowest BCUT2D eigenvalue weighted by molar-refractivity contribution is -0.0641. The number of nitrogens with zero attached hydrogens (tertiary/aromatic N) is 3. The Labute approximate surface area is 225 Å². The van der Waals surface area contributed by atoms with Gasteiger partial charge in [-0.1, -0.05) is 17.3 Å². The van der Waals surface area contributed by atoms with Crippen LogP contribution in [0.15, 0.2) is 40.9 Å². The highest BCUT2D eigenvalue weighted by atomic mass is 32.1. The number of hydrogen-bond acceptors (Lipinski definition) is 8. The number of thiazole rings is 1. The topological polar surface area (TPSA) is 101 Å². The van der Waals surface area contributed by atoms with Crippen molar-refractivity contribution in [3.8, 4) is 23.1 Å². The highest BCUT2D eigenvalue weighted by molar-refractivity contribution is 7.18. The molecule has 1 N–H and O–H groups in total. The van der Waals surface area contributed by atoms with Crippen LogP contribution >= 0.6 is 11.3 Å². The molecule has 6 rings (SSSR count). The largest absolute Gasteiger partial charge is 0.434 e. The number of alkyl halides is 2. The summed E-state index contributed by atoms with van der Waals surface area (Å²) in [6, 6.07) is 11.0. The maximum Gasteiger partial charge on any atom is 0.387 e. The van der Waals surface area contributed by atoms with Crippen LogP contribution in [-0.2, 0) is 16.9 Å². The zero-order valence-corrected chi connectivity index (χ0v) is 21.5. The monoisotopic (exact) mass is 555 g/mol. The molecule has 39 heavy (non-hydrogen) atoms. The summed E-state index contributed by atoms with van der Waals surface area (Å²) in [5, 5.41) is 25.2. The highest BCUT2D eigenvalue weighted by Crippen LogP contribution is 2.46. The first-order chi connectivity index (χ1) is 18.8. The van der Waals surface area contributed by atoms with Crippen LogP contribution in [0.3, 0.4) is 0 Å². The van der Waals surface area contributed by atoms with Crippen LogP contribution in [-0.4, -0.2) is 28.0 Å². The quantitative estimate of drug-likeness (QED) is 0.255. The first-order valence-electron chi connectivity index (χ1n) is 12.7. The number of halogens is 3. The second-order valence-electron chi connectivity index (χ2n) is 10.00. The average molecular weight is 556 g/mol. The van der Waals surface area contributed by atoms with Crippen LogP contribution in [0.5, 0.6) is 5.75 Å². The Morgan fingerprint density at radius 2 is 1.95 bits per heavy atom. The summed E-state index contributed by atoms with van der Waals surface area (Å²) in [7, 11) is 0.